The van der Waals surface area contributed by atoms with Crippen molar-refractivity contribution >= 4 is 0 Å². The molecule has 0 spiro atoms. The molecule has 0 radical (unpaired) electrons. The van der Waals surface area contributed by atoms with E-state index in [1.165, 1.54) is 0 Å². The molecule has 0 saturated heterocycles. The van der Waals surface area contributed by atoms with Crippen LogP contribution in [0.4, 0.5) is 0 Å². The summed E-state index contributed by atoms with van der Waals surface area (Å²) < 4.78 is 0. The van der Waals surface area contributed by atoms with Crippen LogP contribution in [0.5, 0.6) is 0 Å². The van der Waals surface area contributed by atoms with Gasteiger partial charge in [-0.3, -0.25) is 0 Å². The minimum atomic E-state index is -0.999. The van der Waals surface area contributed by atoms with Crippen molar-refractivity contribution in [3.63, 3.8) is 0 Å². The second kappa shape index (κ2) is 12.3. The van der Waals surface area contributed by atoms with Crippen molar-refractivity contribution in [1.29, 1.82) is 0 Å². The van der Waals surface area contributed by atoms with E-state index in [1.807, 2.05) is 20.8 Å². The van der Waals surface area contributed by atoms with E-state index in [-0.39, 0.29) is 12.0 Å². The Kier molecular flexibility index (Phi) is 12.2. The lowest BCUT2D eigenvalue weighted by Crippen LogP contribution is -2.44. The predicted octanol–water partition coefficient (Wildman–Crippen LogP) is 5.95. The fourth-order valence-corrected chi connectivity index (χ4v) is 2.06. The van der Waals surface area contributed by atoms with Crippen LogP contribution >= 0.6 is 0 Å². The zero-order valence-electron chi connectivity index (χ0n) is 18.5. The number of unbranched alkanes of at least 4 members (excludes halogenated alkanes) is 4. The van der Waals surface area contributed by atoms with Gasteiger partial charge in [0.1, 0.15) is 12.2 Å². The van der Waals surface area contributed by atoms with E-state index >= 15 is 0 Å². The highest BCUT2D eigenvalue weighted by atomic mass is 17.3. The summed E-state index contributed by atoms with van der Waals surface area (Å²) in [5.41, 5.74) is -0.574. The van der Waals surface area contributed by atoms with Gasteiger partial charge in [0.15, 0.2) is 0 Å². The Morgan fingerprint density at radius 3 is 1.88 bits per heavy atom. The van der Waals surface area contributed by atoms with Gasteiger partial charge in [-0.15, -0.1) is 0 Å². The second-order valence-electron chi connectivity index (χ2n) is 9.04. The molecule has 26 heavy (non-hydrogen) atoms. The summed E-state index contributed by atoms with van der Waals surface area (Å²) in [6.07, 6.45) is 7.26. The van der Waals surface area contributed by atoms with Crippen molar-refractivity contribution in [2.45, 2.75) is 124 Å². The molecule has 0 saturated carbocycles. The van der Waals surface area contributed by atoms with Gasteiger partial charge in [0.25, 0.3) is 0 Å². The molecular weight excluding hydrogens is 332 g/mol. The molecule has 0 heterocycles. The molecule has 5 heteroatoms. The summed E-state index contributed by atoms with van der Waals surface area (Å²) >= 11 is 0. The molecule has 0 fully saturated rings. The fourth-order valence-electron chi connectivity index (χ4n) is 2.06. The Hall–Kier alpha value is -0.200. The van der Waals surface area contributed by atoms with Crippen LogP contribution in [0, 0.1) is 5.41 Å². The number of aliphatic hydroxyl groups excluding tert-OH is 1. The van der Waals surface area contributed by atoms with Gasteiger partial charge in [0.2, 0.25) is 5.79 Å². The van der Waals surface area contributed by atoms with Crippen molar-refractivity contribution in [3.05, 3.63) is 0 Å². The first-order valence-electron chi connectivity index (χ1n) is 10.3. The molecule has 0 aliphatic carbocycles. The van der Waals surface area contributed by atoms with Crippen LogP contribution in [-0.2, 0) is 19.6 Å². The van der Waals surface area contributed by atoms with E-state index in [0.29, 0.717) is 6.42 Å². The first-order chi connectivity index (χ1) is 12.0. The first-order valence-corrected chi connectivity index (χ1v) is 10.3. The van der Waals surface area contributed by atoms with Gasteiger partial charge in [0, 0.05) is 6.42 Å². The van der Waals surface area contributed by atoms with Crippen molar-refractivity contribution in [3.8, 4) is 0 Å². The predicted molar refractivity (Wildman–Crippen MR) is 105 cm³/mol. The summed E-state index contributed by atoms with van der Waals surface area (Å²) in [6.45, 7) is 16.6. The molecule has 158 valence electrons. The molecule has 2 unspecified atom stereocenters. The maximum atomic E-state index is 9.98. The largest absolute Gasteiger partial charge is 0.391 e. The highest BCUT2D eigenvalue weighted by Crippen LogP contribution is 2.35. The summed E-state index contributed by atoms with van der Waals surface area (Å²) in [6, 6.07) is 0. The Labute approximate surface area is 161 Å². The van der Waals surface area contributed by atoms with Crippen LogP contribution < -0.4 is 0 Å². The fraction of sp³-hybridized carbons (Fsp3) is 1.00. The van der Waals surface area contributed by atoms with Gasteiger partial charge in [0.05, 0.1) is 6.10 Å². The lowest BCUT2D eigenvalue weighted by molar-refractivity contribution is -0.532. The highest BCUT2D eigenvalue weighted by molar-refractivity contribution is 4.82. The zero-order chi connectivity index (χ0) is 20.3. The van der Waals surface area contributed by atoms with Gasteiger partial charge in [-0.2, -0.15) is 9.78 Å². The average molecular weight is 377 g/mol. The Morgan fingerprint density at radius 2 is 1.35 bits per heavy atom. The van der Waals surface area contributed by atoms with Crippen molar-refractivity contribution in [2.24, 2.45) is 5.41 Å². The van der Waals surface area contributed by atoms with Gasteiger partial charge >= 0.3 is 0 Å². The quantitative estimate of drug-likeness (QED) is 0.166. The molecule has 1 N–H and O–H groups in total. The first kappa shape index (κ1) is 25.8. The molecule has 0 rings (SSSR count). The molecule has 0 aliphatic heterocycles. The van der Waals surface area contributed by atoms with Gasteiger partial charge in [-0.25, -0.2) is 9.78 Å². The average Bonchev–Trinajstić information content (AvgIpc) is 2.53. The van der Waals surface area contributed by atoms with Gasteiger partial charge in [-0.05, 0) is 39.0 Å². The monoisotopic (exact) mass is 376 g/mol. The Bertz CT molecular complexity index is 351. The number of hydrogen-bond donors (Lipinski definition) is 1. The summed E-state index contributed by atoms with van der Waals surface area (Å²) in [5.74, 6) is -0.999. The van der Waals surface area contributed by atoms with Crippen LogP contribution in [0.2, 0.25) is 0 Å². The second-order valence-corrected chi connectivity index (χ2v) is 9.04. The van der Waals surface area contributed by atoms with Crippen LogP contribution in [0.1, 0.15) is 107 Å². The third-order valence-electron chi connectivity index (χ3n) is 5.10. The van der Waals surface area contributed by atoms with Gasteiger partial charge < -0.3 is 5.11 Å². The van der Waals surface area contributed by atoms with Crippen molar-refractivity contribution < 1.29 is 24.7 Å². The molecular formula is C21H44O5. The van der Waals surface area contributed by atoms with E-state index < -0.39 is 17.5 Å². The molecule has 0 aromatic carbocycles. The van der Waals surface area contributed by atoms with E-state index in [9.17, 15) is 5.11 Å². The lowest BCUT2D eigenvalue weighted by atomic mass is 9.79. The molecule has 0 bridgehead atoms. The van der Waals surface area contributed by atoms with Crippen LogP contribution in [0.15, 0.2) is 0 Å². The third kappa shape index (κ3) is 10.8. The van der Waals surface area contributed by atoms with E-state index in [4.69, 9.17) is 19.6 Å². The van der Waals surface area contributed by atoms with Gasteiger partial charge in [-0.1, -0.05) is 66.7 Å². The number of hydrogen-bond acceptors (Lipinski definition) is 5. The van der Waals surface area contributed by atoms with Crippen molar-refractivity contribution in [1.82, 2.24) is 0 Å². The lowest BCUT2D eigenvalue weighted by Gasteiger charge is -2.39. The summed E-state index contributed by atoms with van der Waals surface area (Å²) in [5, 5.41) is 9.98. The molecule has 0 aliphatic rings. The molecule has 0 aromatic heterocycles. The van der Waals surface area contributed by atoms with Crippen LogP contribution in [-0.4, -0.2) is 29.2 Å². The smallest absolute Gasteiger partial charge is 0.231 e. The minimum absolute atomic E-state index is 0.0896. The molecule has 5 nitrogen and oxygen atoms in total. The number of aliphatic hydroxyl groups is 1. The maximum absolute atomic E-state index is 9.98. The minimum Gasteiger partial charge on any atom is -0.391 e. The Balaban J connectivity index is 4.57. The Morgan fingerprint density at radius 1 is 0.769 bits per heavy atom. The molecule has 2 atom stereocenters. The summed E-state index contributed by atoms with van der Waals surface area (Å²) in [7, 11) is 0. The van der Waals surface area contributed by atoms with Crippen LogP contribution in [0.3, 0.4) is 0 Å². The topological polar surface area (TPSA) is 57.2 Å². The maximum Gasteiger partial charge on any atom is 0.231 e. The van der Waals surface area contributed by atoms with Crippen molar-refractivity contribution in [2.75, 3.05) is 6.61 Å². The highest BCUT2D eigenvalue weighted by Gasteiger charge is 2.39. The van der Waals surface area contributed by atoms with E-state index in [1.54, 1.807) is 0 Å². The molecule has 0 aromatic rings. The SMILES string of the molecule is CCCCCC(O)COOC(C)(CCCCC)OOC(C)(C)C(C)(C)C. The number of rotatable bonds is 15. The van der Waals surface area contributed by atoms with E-state index in [2.05, 4.69) is 34.6 Å². The standard InChI is InChI=1S/C21H44O5/c1-9-11-13-15-18(22)17-23-25-21(8,16-14-12-10-2)26-24-20(6,7)19(3,4)5/h18,22H,9-17H2,1-8H3. The normalized spacial score (nSPS) is 16.5. The van der Waals surface area contributed by atoms with E-state index in [0.717, 1.165) is 44.9 Å². The summed E-state index contributed by atoms with van der Waals surface area (Å²) in [4.78, 5) is 22.4. The zero-order valence-corrected chi connectivity index (χ0v) is 18.5. The molecule has 0 amide bonds. The van der Waals surface area contributed by atoms with Crippen LogP contribution in [0.25, 0.3) is 0 Å². The third-order valence-corrected chi connectivity index (χ3v) is 5.10.